The average Bonchev–Trinajstić information content (AvgIpc) is 2.66. The van der Waals surface area contributed by atoms with Gasteiger partial charge in [0.15, 0.2) is 0 Å². The van der Waals surface area contributed by atoms with Gasteiger partial charge < -0.3 is 14.4 Å². The fraction of sp³-hybridized carbons (Fsp3) is 0.526. The largest absolute Gasteiger partial charge is 0.477 e. The molecule has 1 spiro atoms. The van der Waals surface area contributed by atoms with Crippen LogP contribution in [-0.2, 0) is 4.74 Å². The Labute approximate surface area is 157 Å². The molecule has 0 radical (unpaired) electrons. The van der Waals surface area contributed by atoms with E-state index in [4.69, 9.17) is 9.47 Å². The van der Waals surface area contributed by atoms with Gasteiger partial charge in [-0.15, -0.1) is 0 Å². The Balaban J connectivity index is 1.26. The molecule has 4 heterocycles. The van der Waals surface area contributed by atoms with E-state index in [9.17, 15) is 4.79 Å². The van der Waals surface area contributed by atoms with Crippen LogP contribution in [0.3, 0.4) is 0 Å². The maximum absolute atomic E-state index is 12.5. The highest BCUT2D eigenvalue weighted by Crippen LogP contribution is 2.38. The fourth-order valence-corrected chi connectivity index (χ4v) is 3.83. The SMILES string of the molecule is Cc1cncc(OCC[C@H]2CCOC3(C2)CN(C(=O)c2ccnnc2)C3)n1. The van der Waals surface area contributed by atoms with Crippen LogP contribution in [0, 0.1) is 12.8 Å². The van der Waals surface area contributed by atoms with Crippen LogP contribution >= 0.6 is 0 Å². The van der Waals surface area contributed by atoms with E-state index in [1.54, 1.807) is 18.5 Å². The first-order chi connectivity index (χ1) is 13.1. The Morgan fingerprint density at radius 2 is 2.22 bits per heavy atom. The first kappa shape index (κ1) is 17.8. The summed E-state index contributed by atoms with van der Waals surface area (Å²) in [4.78, 5) is 22.7. The third-order valence-electron chi connectivity index (χ3n) is 5.18. The predicted molar refractivity (Wildman–Crippen MR) is 96.2 cm³/mol. The Morgan fingerprint density at radius 1 is 1.33 bits per heavy atom. The lowest BCUT2D eigenvalue weighted by Gasteiger charge is -2.53. The molecule has 0 aliphatic carbocycles. The molecule has 1 atom stereocenters. The molecule has 2 fully saturated rings. The van der Waals surface area contributed by atoms with Gasteiger partial charge in [-0.25, -0.2) is 4.98 Å². The van der Waals surface area contributed by atoms with Crippen molar-refractivity contribution in [2.24, 2.45) is 5.92 Å². The van der Waals surface area contributed by atoms with Crippen molar-refractivity contribution in [3.63, 3.8) is 0 Å². The minimum Gasteiger partial charge on any atom is -0.477 e. The lowest BCUT2D eigenvalue weighted by Crippen LogP contribution is -2.66. The zero-order valence-corrected chi connectivity index (χ0v) is 15.4. The van der Waals surface area contributed by atoms with Gasteiger partial charge in [-0.3, -0.25) is 9.78 Å². The summed E-state index contributed by atoms with van der Waals surface area (Å²) >= 11 is 0. The van der Waals surface area contributed by atoms with Crippen molar-refractivity contribution < 1.29 is 14.3 Å². The number of nitrogens with zero attached hydrogens (tertiary/aromatic N) is 5. The van der Waals surface area contributed by atoms with E-state index in [-0.39, 0.29) is 11.5 Å². The number of likely N-dealkylation sites (tertiary alicyclic amines) is 1. The summed E-state index contributed by atoms with van der Waals surface area (Å²) in [7, 11) is 0. The number of aryl methyl sites for hydroxylation is 1. The van der Waals surface area contributed by atoms with E-state index in [0.29, 0.717) is 37.1 Å². The summed E-state index contributed by atoms with van der Waals surface area (Å²) in [5.74, 6) is 1.09. The van der Waals surface area contributed by atoms with Crippen LogP contribution in [0.5, 0.6) is 5.88 Å². The topological polar surface area (TPSA) is 90.3 Å². The van der Waals surface area contributed by atoms with Crippen molar-refractivity contribution in [3.8, 4) is 5.88 Å². The van der Waals surface area contributed by atoms with Crippen molar-refractivity contribution in [3.05, 3.63) is 42.1 Å². The predicted octanol–water partition coefficient (Wildman–Crippen LogP) is 1.67. The smallest absolute Gasteiger partial charge is 0.255 e. The molecule has 0 bridgehead atoms. The van der Waals surface area contributed by atoms with E-state index in [1.807, 2.05) is 11.8 Å². The van der Waals surface area contributed by atoms with Gasteiger partial charge in [0.25, 0.3) is 5.91 Å². The van der Waals surface area contributed by atoms with Crippen LogP contribution in [-0.4, -0.2) is 62.9 Å². The highest BCUT2D eigenvalue weighted by atomic mass is 16.5. The fourth-order valence-electron chi connectivity index (χ4n) is 3.83. The zero-order chi connectivity index (χ0) is 18.7. The third-order valence-corrected chi connectivity index (χ3v) is 5.18. The number of carbonyl (C=O) groups is 1. The van der Waals surface area contributed by atoms with Gasteiger partial charge in [0.1, 0.15) is 5.60 Å². The lowest BCUT2D eigenvalue weighted by molar-refractivity contribution is -0.166. The van der Waals surface area contributed by atoms with Gasteiger partial charge in [-0.05, 0) is 38.2 Å². The number of carbonyl (C=O) groups excluding carboxylic acids is 1. The maximum Gasteiger partial charge on any atom is 0.255 e. The molecule has 2 aromatic rings. The van der Waals surface area contributed by atoms with Gasteiger partial charge in [0.05, 0.1) is 49.5 Å². The highest BCUT2D eigenvalue weighted by molar-refractivity contribution is 5.94. The molecule has 0 unspecified atom stereocenters. The summed E-state index contributed by atoms with van der Waals surface area (Å²) in [5, 5.41) is 7.49. The van der Waals surface area contributed by atoms with Crippen molar-refractivity contribution in [1.82, 2.24) is 25.1 Å². The Kier molecular flexibility index (Phi) is 4.98. The van der Waals surface area contributed by atoms with Gasteiger partial charge >= 0.3 is 0 Å². The lowest BCUT2D eigenvalue weighted by atomic mass is 9.79. The molecule has 8 nitrogen and oxygen atoms in total. The standard InChI is InChI=1S/C19H23N5O3/c1-14-9-20-11-17(23-14)26-6-3-15-4-7-27-19(8-15)12-24(13-19)18(25)16-2-5-21-22-10-16/h2,5,9-11,15H,3-4,6-8,12-13H2,1H3/t15-/m0/s1. The van der Waals surface area contributed by atoms with E-state index < -0.39 is 0 Å². The van der Waals surface area contributed by atoms with E-state index in [1.165, 1.54) is 12.4 Å². The Bertz CT molecular complexity index is 795. The number of hydrogen-bond donors (Lipinski definition) is 0. The van der Waals surface area contributed by atoms with Gasteiger partial charge in [-0.2, -0.15) is 10.2 Å². The molecule has 0 saturated carbocycles. The first-order valence-electron chi connectivity index (χ1n) is 9.25. The number of aromatic nitrogens is 4. The minimum absolute atomic E-state index is 0.0115. The number of hydrogen-bond acceptors (Lipinski definition) is 7. The Hall–Kier alpha value is -2.61. The quantitative estimate of drug-likeness (QED) is 0.792. The molecule has 142 valence electrons. The average molecular weight is 369 g/mol. The molecule has 1 amide bonds. The van der Waals surface area contributed by atoms with Crippen LogP contribution in [0.15, 0.2) is 30.9 Å². The van der Waals surface area contributed by atoms with Crippen LogP contribution in [0.2, 0.25) is 0 Å². The molecule has 2 saturated heterocycles. The molecule has 27 heavy (non-hydrogen) atoms. The monoisotopic (exact) mass is 369 g/mol. The molecule has 8 heteroatoms. The van der Waals surface area contributed by atoms with E-state index in [2.05, 4.69) is 20.2 Å². The summed E-state index contributed by atoms with van der Waals surface area (Å²) in [6, 6.07) is 1.69. The second-order valence-corrected chi connectivity index (χ2v) is 7.32. The van der Waals surface area contributed by atoms with Crippen LogP contribution in [0.4, 0.5) is 0 Å². The van der Waals surface area contributed by atoms with E-state index in [0.717, 1.165) is 31.6 Å². The highest BCUT2D eigenvalue weighted by Gasteiger charge is 2.49. The van der Waals surface area contributed by atoms with Crippen molar-refractivity contribution in [2.75, 3.05) is 26.3 Å². The second-order valence-electron chi connectivity index (χ2n) is 7.32. The van der Waals surface area contributed by atoms with Crippen molar-refractivity contribution >= 4 is 5.91 Å². The summed E-state index contributed by atoms with van der Waals surface area (Å²) in [6.45, 7) is 4.51. The van der Waals surface area contributed by atoms with Crippen molar-refractivity contribution in [1.29, 1.82) is 0 Å². The molecular weight excluding hydrogens is 346 g/mol. The molecule has 0 aromatic carbocycles. The zero-order valence-electron chi connectivity index (χ0n) is 15.4. The van der Waals surface area contributed by atoms with Crippen LogP contribution < -0.4 is 4.74 Å². The number of rotatable bonds is 5. The number of amides is 1. The Morgan fingerprint density at radius 3 is 3.00 bits per heavy atom. The van der Waals surface area contributed by atoms with Crippen LogP contribution in [0.1, 0.15) is 35.3 Å². The van der Waals surface area contributed by atoms with Gasteiger partial charge in [-0.1, -0.05) is 0 Å². The second kappa shape index (κ2) is 7.56. The summed E-state index contributed by atoms with van der Waals surface area (Å²) in [6.07, 6.45) is 9.31. The maximum atomic E-state index is 12.5. The van der Waals surface area contributed by atoms with Gasteiger partial charge in [0.2, 0.25) is 5.88 Å². The van der Waals surface area contributed by atoms with E-state index >= 15 is 0 Å². The molecule has 2 aliphatic rings. The number of ether oxygens (including phenoxy) is 2. The third kappa shape index (κ3) is 4.05. The first-order valence-corrected chi connectivity index (χ1v) is 9.25. The normalized spacial score (nSPS) is 20.9. The van der Waals surface area contributed by atoms with Crippen LogP contribution in [0.25, 0.3) is 0 Å². The molecule has 4 rings (SSSR count). The minimum atomic E-state index is -0.206. The summed E-state index contributed by atoms with van der Waals surface area (Å²) in [5.41, 5.74) is 1.21. The summed E-state index contributed by atoms with van der Waals surface area (Å²) < 4.78 is 11.8. The molecular formula is C19H23N5O3. The molecule has 0 N–H and O–H groups in total. The molecule has 2 aromatic heterocycles. The van der Waals surface area contributed by atoms with Crippen molar-refractivity contribution in [2.45, 2.75) is 31.8 Å². The van der Waals surface area contributed by atoms with Gasteiger partial charge in [0, 0.05) is 12.8 Å². The molecule has 2 aliphatic heterocycles.